The second kappa shape index (κ2) is 6.63. The van der Waals surface area contributed by atoms with Crippen molar-refractivity contribution in [3.8, 4) is 0 Å². The van der Waals surface area contributed by atoms with E-state index in [1.807, 2.05) is 42.5 Å². The average molecular weight is 349 g/mol. The molecule has 4 rings (SSSR count). The Morgan fingerprint density at radius 3 is 2.58 bits per heavy atom. The van der Waals surface area contributed by atoms with Crippen LogP contribution in [0.4, 0.5) is 0 Å². The van der Waals surface area contributed by atoms with E-state index in [0.717, 1.165) is 23.9 Å². The molecule has 0 radical (unpaired) electrons. The number of carbonyl (C=O) groups excluding carboxylic acids is 1. The van der Waals surface area contributed by atoms with Crippen LogP contribution in [-0.2, 0) is 16.1 Å². The van der Waals surface area contributed by atoms with Gasteiger partial charge in [0.2, 0.25) is 5.78 Å². The van der Waals surface area contributed by atoms with Gasteiger partial charge in [-0.3, -0.25) is 9.59 Å². The smallest absolute Gasteiger partial charge is 0.305 e. The molecule has 132 valence electrons. The molecule has 0 amide bonds. The third kappa shape index (κ3) is 2.63. The van der Waals surface area contributed by atoms with E-state index in [1.165, 1.54) is 7.11 Å². The Hall–Kier alpha value is -3.15. The minimum Gasteiger partial charge on any atom is -0.469 e. The van der Waals surface area contributed by atoms with E-state index in [4.69, 9.17) is 4.98 Å². The number of imidazole rings is 1. The number of unbranched alkanes of at least 4 members (excludes halogenated alkanes) is 1. The molecule has 6 nitrogen and oxygen atoms in total. The van der Waals surface area contributed by atoms with Crippen LogP contribution in [0.25, 0.3) is 27.7 Å². The molecule has 4 aromatic rings. The number of ether oxygens (including phenoxy) is 1. The standard InChI is InChI=1S/C20H19N3O3/c1-26-18(24)12-6-7-13-22-16-10-4-5-11-17(16)23-19(25)14-8-2-3-9-15(14)21-20(22)23/h2-5,8-11H,6-7,12-13H2,1H3. The third-order valence-corrected chi connectivity index (χ3v) is 4.65. The molecule has 0 aliphatic carbocycles. The summed E-state index contributed by atoms with van der Waals surface area (Å²) in [6, 6.07) is 15.2. The fraction of sp³-hybridized carbons (Fsp3) is 0.250. The summed E-state index contributed by atoms with van der Waals surface area (Å²) in [5.74, 6) is 0.431. The summed E-state index contributed by atoms with van der Waals surface area (Å²) in [6.45, 7) is 0.679. The number of fused-ring (bicyclic) bond motifs is 4. The van der Waals surface area contributed by atoms with Crippen molar-refractivity contribution >= 4 is 33.7 Å². The maximum Gasteiger partial charge on any atom is 0.305 e. The van der Waals surface area contributed by atoms with E-state index in [9.17, 15) is 9.59 Å². The Morgan fingerprint density at radius 1 is 1.04 bits per heavy atom. The van der Waals surface area contributed by atoms with E-state index < -0.39 is 0 Å². The van der Waals surface area contributed by atoms with E-state index in [1.54, 1.807) is 10.5 Å². The Balaban J connectivity index is 1.85. The number of benzene rings is 2. The minimum atomic E-state index is -0.201. The van der Waals surface area contributed by atoms with Crippen molar-refractivity contribution in [1.82, 2.24) is 14.0 Å². The highest BCUT2D eigenvalue weighted by Gasteiger charge is 2.15. The molecule has 2 aromatic carbocycles. The van der Waals surface area contributed by atoms with Crippen LogP contribution in [0.1, 0.15) is 19.3 Å². The topological polar surface area (TPSA) is 65.6 Å². The molecule has 0 bridgehead atoms. The van der Waals surface area contributed by atoms with Gasteiger partial charge < -0.3 is 9.30 Å². The number of para-hydroxylation sites is 3. The Morgan fingerprint density at radius 2 is 1.77 bits per heavy atom. The zero-order chi connectivity index (χ0) is 18.1. The molecule has 0 N–H and O–H groups in total. The van der Waals surface area contributed by atoms with Crippen molar-refractivity contribution < 1.29 is 9.53 Å². The fourth-order valence-corrected chi connectivity index (χ4v) is 3.37. The van der Waals surface area contributed by atoms with Gasteiger partial charge >= 0.3 is 5.97 Å². The van der Waals surface area contributed by atoms with Crippen molar-refractivity contribution in [2.24, 2.45) is 0 Å². The predicted octanol–water partition coefficient (Wildman–Crippen LogP) is 3.15. The van der Waals surface area contributed by atoms with Gasteiger partial charge in [0.15, 0.2) is 0 Å². The summed E-state index contributed by atoms with van der Waals surface area (Å²) in [7, 11) is 1.40. The normalized spacial score (nSPS) is 11.4. The molecule has 2 aromatic heterocycles. The summed E-state index contributed by atoms with van der Waals surface area (Å²) < 4.78 is 8.42. The first-order valence-electron chi connectivity index (χ1n) is 8.66. The van der Waals surface area contributed by atoms with Gasteiger partial charge in [0.25, 0.3) is 5.56 Å². The Labute approximate surface area is 149 Å². The lowest BCUT2D eigenvalue weighted by atomic mass is 10.2. The molecule has 0 unspecified atom stereocenters. The summed E-state index contributed by atoms with van der Waals surface area (Å²) in [5.41, 5.74) is 2.44. The summed E-state index contributed by atoms with van der Waals surface area (Å²) >= 11 is 0. The van der Waals surface area contributed by atoms with Crippen LogP contribution in [-0.4, -0.2) is 27.0 Å². The first-order chi connectivity index (χ1) is 12.7. The highest BCUT2D eigenvalue weighted by molar-refractivity contribution is 5.85. The Kier molecular flexibility index (Phi) is 4.16. The SMILES string of the molecule is COC(=O)CCCCn1c2ccccc2n2c(=O)c3ccccc3nc12. The van der Waals surface area contributed by atoms with Gasteiger partial charge in [-0.05, 0) is 37.1 Å². The molecule has 26 heavy (non-hydrogen) atoms. The number of hydrogen-bond acceptors (Lipinski definition) is 4. The number of hydrogen-bond donors (Lipinski definition) is 0. The van der Waals surface area contributed by atoms with Gasteiger partial charge in [-0.1, -0.05) is 24.3 Å². The lowest BCUT2D eigenvalue weighted by Crippen LogP contribution is -2.15. The van der Waals surface area contributed by atoms with E-state index in [2.05, 4.69) is 9.30 Å². The van der Waals surface area contributed by atoms with E-state index >= 15 is 0 Å². The van der Waals surface area contributed by atoms with Crippen molar-refractivity contribution in [2.75, 3.05) is 7.11 Å². The number of methoxy groups -OCH3 is 1. The van der Waals surface area contributed by atoms with Crippen LogP contribution in [0.15, 0.2) is 53.3 Å². The quantitative estimate of drug-likeness (QED) is 0.410. The maximum absolute atomic E-state index is 13.0. The molecule has 0 aliphatic heterocycles. The molecule has 2 heterocycles. The van der Waals surface area contributed by atoms with Gasteiger partial charge in [-0.25, -0.2) is 9.38 Å². The maximum atomic E-state index is 13.0. The molecule has 0 saturated carbocycles. The fourth-order valence-electron chi connectivity index (χ4n) is 3.37. The molecule has 6 heteroatoms. The molecule has 0 fully saturated rings. The van der Waals surface area contributed by atoms with Crippen molar-refractivity contribution in [3.63, 3.8) is 0 Å². The number of aryl methyl sites for hydroxylation is 1. The molecular weight excluding hydrogens is 330 g/mol. The highest BCUT2D eigenvalue weighted by atomic mass is 16.5. The third-order valence-electron chi connectivity index (χ3n) is 4.65. The van der Waals surface area contributed by atoms with Crippen LogP contribution in [0, 0.1) is 0 Å². The minimum absolute atomic E-state index is 0.0601. The summed E-state index contributed by atoms with van der Waals surface area (Å²) in [6.07, 6.45) is 1.92. The van der Waals surface area contributed by atoms with Gasteiger partial charge in [-0.2, -0.15) is 0 Å². The first kappa shape index (κ1) is 16.3. The summed E-state index contributed by atoms with van der Waals surface area (Å²) in [4.78, 5) is 29.1. The van der Waals surface area contributed by atoms with E-state index in [-0.39, 0.29) is 11.5 Å². The Bertz CT molecular complexity index is 1170. The van der Waals surface area contributed by atoms with Crippen molar-refractivity contribution in [2.45, 2.75) is 25.8 Å². The van der Waals surface area contributed by atoms with Gasteiger partial charge in [0.05, 0.1) is 29.0 Å². The molecule has 0 atom stereocenters. The zero-order valence-corrected chi connectivity index (χ0v) is 14.5. The predicted molar refractivity (Wildman–Crippen MR) is 100 cm³/mol. The number of carbonyl (C=O) groups is 1. The second-order valence-corrected chi connectivity index (χ2v) is 6.24. The van der Waals surface area contributed by atoms with Crippen LogP contribution in [0.2, 0.25) is 0 Å². The molecule has 0 aliphatic rings. The monoisotopic (exact) mass is 349 g/mol. The number of nitrogens with zero attached hydrogens (tertiary/aromatic N) is 3. The number of aromatic nitrogens is 3. The molecule has 0 spiro atoms. The van der Waals surface area contributed by atoms with Gasteiger partial charge in [-0.15, -0.1) is 0 Å². The molecule has 0 saturated heterocycles. The van der Waals surface area contributed by atoms with Gasteiger partial charge in [0.1, 0.15) is 0 Å². The number of esters is 1. The summed E-state index contributed by atoms with van der Waals surface area (Å²) in [5, 5.41) is 0.610. The lowest BCUT2D eigenvalue weighted by molar-refractivity contribution is -0.140. The largest absolute Gasteiger partial charge is 0.469 e. The van der Waals surface area contributed by atoms with Crippen LogP contribution < -0.4 is 5.56 Å². The average Bonchev–Trinajstić information content (AvgIpc) is 2.99. The first-order valence-corrected chi connectivity index (χ1v) is 8.66. The molecular formula is C20H19N3O3. The van der Waals surface area contributed by atoms with Crippen molar-refractivity contribution in [1.29, 1.82) is 0 Å². The highest BCUT2D eigenvalue weighted by Crippen LogP contribution is 2.21. The van der Waals surface area contributed by atoms with Crippen LogP contribution in [0.5, 0.6) is 0 Å². The van der Waals surface area contributed by atoms with Crippen molar-refractivity contribution in [3.05, 3.63) is 58.9 Å². The zero-order valence-electron chi connectivity index (χ0n) is 14.5. The second-order valence-electron chi connectivity index (χ2n) is 6.24. The van der Waals surface area contributed by atoms with Gasteiger partial charge in [0, 0.05) is 13.0 Å². The number of rotatable bonds is 5. The lowest BCUT2D eigenvalue weighted by Gasteiger charge is -2.06. The van der Waals surface area contributed by atoms with E-state index in [0.29, 0.717) is 29.6 Å². The van der Waals surface area contributed by atoms with Crippen LogP contribution >= 0.6 is 0 Å². The van der Waals surface area contributed by atoms with Crippen LogP contribution in [0.3, 0.4) is 0 Å².